The number of hydrogen-bond donors (Lipinski definition) is 1. The molecular formula is C28H28N2O4. The summed E-state index contributed by atoms with van der Waals surface area (Å²) in [6.07, 6.45) is 0. The molecule has 174 valence electrons. The Balaban J connectivity index is 1.99. The molecule has 34 heavy (non-hydrogen) atoms. The molecule has 4 rings (SSSR count). The Morgan fingerprint density at radius 3 is 2.24 bits per heavy atom. The van der Waals surface area contributed by atoms with Crippen LogP contribution in [0.2, 0.25) is 0 Å². The maximum atomic E-state index is 11.3. The van der Waals surface area contributed by atoms with Crippen molar-refractivity contribution < 1.29 is 18.7 Å². The van der Waals surface area contributed by atoms with Gasteiger partial charge in [0.25, 0.3) is 0 Å². The van der Waals surface area contributed by atoms with E-state index in [9.17, 15) is 4.79 Å². The Morgan fingerprint density at radius 1 is 0.941 bits per heavy atom. The van der Waals surface area contributed by atoms with E-state index in [0.29, 0.717) is 6.61 Å². The van der Waals surface area contributed by atoms with E-state index < -0.39 is 0 Å². The van der Waals surface area contributed by atoms with Crippen molar-refractivity contribution in [3.8, 4) is 22.6 Å². The first-order chi connectivity index (χ1) is 16.4. The molecular weight excluding hydrogens is 428 g/mol. The quantitative estimate of drug-likeness (QED) is 0.369. The maximum absolute atomic E-state index is 11.3. The lowest BCUT2D eigenvalue weighted by molar-refractivity contribution is -0.114. The first-order valence-electron chi connectivity index (χ1n) is 11.2. The van der Waals surface area contributed by atoms with Crippen molar-refractivity contribution in [2.45, 2.75) is 27.7 Å². The number of nitrogens with zero attached hydrogens (tertiary/aromatic N) is 1. The highest BCUT2D eigenvalue weighted by Gasteiger charge is 2.15. The van der Waals surface area contributed by atoms with Gasteiger partial charge in [0.15, 0.2) is 0 Å². The topological polar surface area (TPSA) is 73.1 Å². The van der Waals surface area contributed by atoms with Crippen LogP contribution in [0.4, 0.5) is 11.4 Å². The van der Waals surface area contributed by atoms with Crippen LogP contribution in [0.3, 0.4) is 0 Å². The third-order valence-electron chi connectivity index (χ3n) is 5.50. The number of hydrogen-bond acceptors (Lipinski definition) is 5. The molecule has 0 unspecified atom stereocenters. The van der Waals surface area contributed by atoms with Crippen LogP contribution in [0, 0.1) is 13.8 Å². The minimum Gasteiger partial charge on any atom is -0.497 e. The molecule has 1 aromatic heterocycles. The van der Waals surface area contributed by atoms with Gasteiger partial charge in [0, 0.05) is 12.6 Å². The zero-order valence-electron chi connectivity index (χ0n) is 20.1. The van der Waals surface area contributed by atoms with E-state index in [1.54, 1.807) is 7.11 Å². The zero-order valence-corrected chi connectivity index (χ0v) is 20.1. The van der Waals surface area contributed by atoms with Gasteiger partial charge >= 0.3 is 0 Å². The first kappa shape index (κ1) is 23.1. The number of carbonyl (C=O) groups is 1. The number of furan rings is 1. The van der Waals surface area contributed by atoms with Crippen LogP contribution >= 0.6 is 0 Å². The normalized spacial score (nSPS) is 11.5. The van der Waals surface area contributed by atoms with Crippen molar-refractivity contribution in [1.29, 1.82) is 0 Å². The minimum absolute atomic E-state index is 0.112. The maximum Gasteiger partial charge on any atom is 0.221 e. The van der Waals surface area contributed by atoms with Crippen LogP contribution in [0.15, 0.2) is 70.1 Å². The van der Waals surface area contributed by atoms with Crippen LogP contribution in [0.25, 0.3) is 21.9 Å². The van der Waals surface area contributed by atoms with Crippen molar-refractivity contribution in [1.82, 2.24) is 0 Å². The lowest BCUT2D eigenvalue weighted by Gasteiger charge is -2.05. The highest BCUT2D eigenvalue weighted by Crippen LogP contribution is 2.34. The monoisotopic (exact) mass is 456 g/mol. The molecule has 0 aliphatic heterocycles. The lowest BCUT2D eigenvalue weighted by Crippen LogP contribution is -2.05. The molecule has 3 aromatic carbocycles. The van der Waals surface area contributed by atoms with Crippen LogP contribution in [-0.4, -0.2) is 19.6 Å². The third-order valence-corrected chi connectivity index (χ3v) is 5.50. The van der Waals surface area contributed by atoms with Crippen molar-refractivity contribution in [2.75, 3.05) is 19.0 Å². The third kappa shape index (κ3) is 4.81. The molecule has 6 heteroatoms. The van der Waals surface area contributed by atoms with Gasteiger partial charge < -0.3 is 19.2 Å². The minimum atomic E-state index is -0.112. The van der Waals surface area contributed by atoms with Crippen molar-refractivity contribution in [3.63, 3.8) is 0 Å². The first-order valence-corrected chi connectivity index (χ1v) is 11.2. The number of methoxy groups -OCH3 is 1. The van der Waals surface area contributed by atoms with Crippen molar-refractivity contribution in [2.24, 2.45) is 4.99 Å². The number of fused-ring (bicyclic) bond motifs is 1. The fourth-order valence-electron chi connectivity index (χ4n) is 4.03. The molecule has 0 spiro atoms. The summed E-state index contributed by atoms with van der Waals surface area (Å²) in [5.41, 5.74) is 3.47. The molecule has 1 amide bonds. The highest BCUT2D eigenvalue weighted by molar-refractivity contribution is 5.93. The Hall–Kier alpha value is -4.06. The zero-order chi connectivity index (χ0) is 24.2. The number of carbonyl (C=O) groups excluding carboxylic acids is 1. The van der Waals surface area contributed by atoms with E-state index in [-0.39, 0.29) is 5.91 Å². The Morgan fingerprint density at radius 2 is 1.62 bits per heavy atom. The van der Waals surface area contributed by atoms with Gasteiger partial charge in [0.1, 0.15) is 23.0 Å². The highest BCUT2D eigenvalue weighted by atomic mass is 16.5. The molecule has 0 aliphatic rings. The number of amides is 1. The van der Waals surface area contributed by atoms with E-state index in [2.05, 4.69) is 11.4 Å². The molecule has 6 nitrogen and oxygen atoms in total. The predicted octanol–water partition coefficient (Wildman–Crippen LogP) is 6.31. The van der Waals surface area contributed by atoms with Gasteiger partial charge in [-0.05, 0) is 80.4 Å². The number of ether oxygens (including phenoxy) is 2. The van der Waals surface area contributed by atoms with Crippen LogP contribution in [0.5, 0.6) is 11.5 Å². The summed E-state index contributed by atoms with van der Waals surface area (Å²) in [6, 6.07) is 19.4. The molecule has 0 aliphatic carbocycles. The summed E-state index contributed by atoms with van der Waals surface area (Å²) >= 11 is 0. The van der Waals surface area contributed by atoms with Gasteiger partial charge in [0.05, 0.1) is 35.5 Å². The largest absolute Gasteiger partial charge is 0.497 e. The van der Waals surface area contributed by atoms with E-state index in [0.717, 1.165) is 61.7 Å². The van der Waals surface area contributed by atoms with E-state index in [1.165, 1.54) is 6.92 Å². The number of benzene rings is 2. The van der Waals surface area contributed by atoms with Crippen LogP contribution < -0.4 is 20.1 Å². The molecule has 0 saturated carbocycles. The van der Waals surface area contributed by atoms with E-state index >= 15 is 0 Å². The van der Waals surface area contributed by atoms with Gasteiger partial charge in [-0.25, -0.2) is 4.99 Å². The van der Waals surface area contributed by atoms with Crippen molar-refractivity contribution in [3.05, 3.63) is 77.5 Å². The SMILES string of the molecule is CCOc1cc(-c2ccc(OC)cc2)cc(=Nc2ccc(NC(C)=O)cc2)c2c(C)oc(C)c12. The molecule has 1 heterocycles. The molecule has 1 N–H and O–H groups in total. The van der Waals surface area contributed by atoms with Crippen LogP contribution in [-0.2, 0) is 4.79 Å². The van der Waals surface area contributed by atoms with Gasteiger partial charge in [-0.1, -0.05) is 12.1 Å². The standard InChI is InChI=1S/C28H28N2O4/c1-6-33-26-16-21(20-7-13-24(32-5)14-8-20)15-25(27-17(2)34-18(3)28(26)27)30-23-11-9-22(10-12-23)29-19(4)31/h7-16H,6H2,1-5H3,(H,29,31). The van der Waals surface area contributed by atoms with Gasteiger partial charge in [0.2, 0.25) is 5.91 Å². The second-order valence-corrected chi connectivity index (χ2v) is 7.96. The van der Waals surface area contributed by atoms with E-state index in [4.69, 9.17) is 18.9 Å². The molecule has 0 fully saturated rings. The molecule has 4 aromatic rings. The Kier molecular flexibility index (Phi) is 6.68. The fourth-order valence-corrected chi connectivity index (χ4v) is 4.03. The average molecular weight is 457 g/mol. The summed E-state index contributed by atoms with van der Waals surface area (Å²) < 4.78 is 17.4. The number of anilines is 1. The van der Waals surface area contributed by atoms with Gasteiger partial charge in [-0.2, -0.15) is 0 Å². The summed E-state index contributed by atoms with van der Waals surface area (Å²) in [7, 11) is 1.65. The second-order valence-electron chi connectivity index (χ2n) is 7.96. The molecule has 0 atom stereocenters. The molecule has 0 saturated heterocycles. The second kappa shape index (κ2) is 9.83. The smallest absolute Gasteiger partial charge is 0.221 e. The lowest BCUT2D eigenvalue weighted by atomic mass is 10.1. The average Bonchev–Trinajstić information content (AvgIpc) is 3.01. The summed E-state index contributed by atoms with van der Waals surface area (Å²) in [4.78, 5) is 16.3. The summed E-state index contributed by atoms with van der Waals surface area (Å²) in [6.45, 7) is 7.87. The number of rotatable bonds is 6. The van der Waals surface area contributed by atoms with Crippen molar-refractivity contribution >= 4 is 28.1 Å². The van der Waals surface area contributed by atoms with Gasteiger partial charge in [-0.3, -0.25) is 4.79 Å². The number of aryl methyl sites for hydroxylation is 2. The van der Waals surface area contributed by atoms with Gasteiger partial charge in [-0.15, -0.1) is 0 Å². The van der Waals surface area contributed by atoms with Crippen LogP contribution in [0.1, 0.15) is 25.4 Å². The summed E-state index contributed by atoms with van der Waals surface area (Å²) in [5.74, 6) is 2.99. The fraction of sp³-hybridized carbons (Fsp3) is 0.214. The Bertz CT molecular complexity index is 1400. The molecule has 0 bridgehead atoms. The predicted molar refractivity (Wildman–Crippen MR) is 135 cm³/mol. The number of nitrogens with one attached hydrogen (secondary N) is 1. The van der Waals surface area contributed by atoms with E-state index in [1.807, 2.05) is 75.4 Å². The Labute approximate surface area is 198 Å². The summed E-state index contributed by atoms with van der Waals surface area (Å²) in [5, 5.41) is 5.37. The molecule has 0 radical (unpaired) electrons.